The van der Waals surface area contributed by atoms with Crippen LogP contribution in [0.2, 0.25) is 5.02 Å². The van der Waals surface area contributed by atoms with Crippen molar-refractivity contribution in [3.63, 3.8) is 0 Å². The van der Waals surface area contributed by atoms with E-state index in [0.29, 0.717) is 35.5 Å². The molecule has 0 amide bonds. The number of nitrogens with zero attached hydrogens (tertiary/aromatic N) is 5. The predicted molar refractivity (Wildman–Crippen MR) is 127 cm³/mol. The number of carbonyl (C=O) groups excluding carboxylic acids is 1. The van der Waals surface area contributed by atoms with Crippen molar-refractivity contribution >= 4 is 23.3 Å². The van der Waals surface area contributed by atoms with E-state index < -0.39 is 0 Å². The minimum atomic E-state index is 0.0749. The van der Waals surface area contributed by atoms with Crippen LogP contribution in [0.25, 0.3) is 0 Å². The van der Waals surface area contributed by atoms with Gasteiger partial charge in [-0.25, -0.2) is 9.97 Å². The van der Waals surface area contributed by atoms with E-state index in [9.17, 15) is 4.79 Å². The summed E-state index contributed by atoms with van der Waals surface area (Å²) in [4.78, 5) is 28.2. The van der Waals surface area contributed by atoms with Gasteiger partial charge in [-0.15, -0.1) is 0 Å². The molecule has 1 atom stereocenters. The molecule has 0 aliphatic carbocycles. The molecule has 32 heavy (non-hydrogen) atoms. The highest BCUT2D eigenvalue weighted by Gasteiger charge is 2.22. The highest BCUT2D eigenvalue weighted by atomic mass is 35.5. The SMILES string of the molecule is CC1CCCN1CCCOc1ccc(C(=O)CN2CCN(c3ncccn3)CC2)cc1Cl. The van der Waals surface area contributed by atoms with Crippen LogP contribution >= 0.6 is 11.6 Å². The Bertz CT molecular complexity index is 889. The van der Waals surface area contributed by atoms with Crippen LogP contribution in [0.4, 0.5) is 5.95 Å². The third-order valence-corrected chi connectivity index (χ3v) is 6.66. The Morgan fingerprint density at radius 3 is 2.62 bits per heavy atom. The normalized spacial score (nSPS) is 19.9. The Kier molecular flexibility index (Phi) is 7.95. The molecule has 0 saturated carbocycles. The maximum atomic E-state index is 12.8. The Balaban J connectivity index is 1.21. The van der Waals surface area contributed by atoms with Crippen molar-refractivity contribution in [3.8, 4) is 5.75 Å². The van der Waals surface area contributed by atoms with E-state index in [1.54, 1.807) is 18.5 Å². The van der Waals surface area contributed by atoms with Gasteiger partial charge in [0.25, 0.3) is 0 Å². The molecular weight excluding hydrogens is 426 g/mol. The molecule has 1 unspecified atom stereocenters. The molecule has 0 bridgehead atoms. The molecule has 0 N–H and O–H groups in total. The second-order valence-corrected chi connectivity index (χ2v) is 9.02. The standard InChI is InChI=1S/C24H32ClN5O2/c1-19-5-2-10-29(19)11-4-16-32-23-7-6-20(17-21(23)25)22(31)18-28-12-14-30(15-13-28)24-26-8-3-9-27-24/h3,6-9,17,19H,2,4-5,10-16,18H2,1H3. The molecule has 1 aromatic heterocycles. The highest BCUT2D eigenvalue weighted by molar-refractivity contribution is 6.32. The fraction of sp³-hybridized carbons (Fsp3) is 0.542. The lowest BCUT2D eigenvalue weighted by atomic mass is 10.1. The maximum Gasteiger partial charge on any atom is 0.225 e. The number of ether oxygens (including phenoxy) is 1. The van der Waals surface area contributed by atoms with Crippen molar-refractivity contribution in [1.82, 2.24) is 19.8 Å². The molecule has 4 rings (SSSR count). The van der Waals surface area contributed by atoms with Gasteiger partial charge in [0, 0.05) is 56.7 Å². The average molecular weight is 458 g/mol. The first-order chi connectivity index (χ1) is 15.6. The zero-order chi connectivity index (χ0) is 22.3. The van der Waals surface area contributed by atoms with Crippen molar-refractivity contribution in [1.29, 1.82) is 0 Å². The molecule has 2 aromatic rings. The minimum Gasteiger partial charge on any atom is -0.492 e. The van der Waals surface area contributed by atoms with Crippen molar-refractivity contribution in [2.24, 2.45) is 0 Å². The lowest BCUT2D eigenvalue weighted by Crippen LogP contribution is -2.48. The molecule has 172 valence electrons. The van der Waals surface area contributed by atoms with E-state index in [4.69, 9.17) is 16.3 Å². The molecule has 0 radical (unpaired) electrons. The van der Waals surface area contributed by atoms with Crippen molar-refractivity contribution in [2.75, 3.05) is 57.3 Å². The zero-order valence-electron chi connectivity index (χ0n) is 18.8. The van der Waals surface area contributed by atoms with Gasteiger partial charge in [-0.3, -0.25) is 9.69 Å². The Morgan fingerprint density at radius 1 is 1.16 bits per heavy atom. The van der Waals surface area contributed by atoms with Gasteiger partial charge in [-0.05, 0) is 57.0 Å². The van der Waals surface area contributed by atoms with Crippen LogP contribution in [0, 0.1) is 0 Å². The van der Waals surface area contributed by atoms with E-state index in [0.717, 1.165) is 45.1 Å². The van der Waals surface area contributed by atoms with E-state index in [1.165, 1.54) is 19.4 Å². The van der Waals surface area contributed by atoms with Crippen LogP contribution in [0.5, 0.6) is 5.75 Å². The number of rotatable bonds is 9. The molecule has 2 saturated heterocycles. The number of Topliss-reactive ketones (excluding diaryl/α,β-unsaturated/α-hetero) is 1. The van der Waals surface area contributed by atoms with Gasteiger partial charge in [-0.2, -0.15) is 0 Å². The Hall–Kier alpha value is -2.22. The second kappa shape index (κ2) is 11.1. The monoisotopic (exact) mass is 457 g/mol. The lowest BCUT2D eigenvalue weighted by Gasteiger charge is -2.34. The van der Waals surface area contributed by atoms with Gasteiger partial charge in [0.15, 0.2) is 5.78 Å². The van der Waals surface area contributed by atoms with E-state index in [2.05, 4.69) is 31.6 Å². The number of piperazine rings is 1. The minimum absolute atomic E-state index is 0.0749. The number of hydrogen-bond donors (Lipinski definition) is 0. The van der Waals surface area contributed by atoms with Gasteiger partial charge < -0.3 is 14.5 Å². The summed E-state index contributed by atoms with van der Waals surface area (Å²) in [5.41, 5.74) is 0.627. The summed E-state index contributed by atoms with van der Waals surface area (Å²) in [6, 6.07) is 7.86. The van der Waals surface area contributed by atoms with Gasteiger partial charge >= 0.3 is 0 Å². The lowest BCUT2D eigenvalue weighted by molar-refractivity contribution is 0.0926. The number of anilines is 1. The van der Waals surface area contributed by atoms with Gasteiger partial charge in [0.2, 0.25) is 5.95 Å². The number of aromatic nitrogens is 2. The van der Waals surface area contributed by atoms with Crippen molar-refractivity contribution in [3.05, 3.63) is 47.2 Å². The van der Waals surface area contributed by atoms with Crippen LogP contribution in [-0.4, -0.2) is 84.0 Å². The van der Waals surface area contributed by atoms with Crippen molar-refractivity contribution < 1.29 is 9.53 Å². The van der Waals surface area contributed by atoms with Crippen molar-refractivity contribution in [2.45, 2.75) is 32.2 Å². The average Bonchev–Trinajstić information content (AvgIpc) is 3.23. The van der Waals surface area contributed by atoms with Crippen LogP contribution in [0.15, 0.2) is 36.7 Å². The van der Waals surface area contributed by atoms with Gasteiger partial charge in [0.1, 0.15) is 5.75 Å². The highest BCUT2D eigenvalue weighted by Crippen LogP contribution is 2.26. The molecule has 8 heteroatoms. The van der Waals surface area contributed by atoms with Gasteiger partial charge in [-0.1, -0.05) is 11.6 Å². The largest absolute Gasteiger partial charge is 0.492 e. The number of ketones is 1. The van der Waals surface area contributed by atoms with E-state index in [-0.39, 0.29) is 5.78 Å². The molecular formula is C24H32ClN5O2. The molecule has 2 fully saturated rings. The quantitative estimate of drug-likeness (QED) is 0.422. The summed E-state index contributed by atoms with van der Waals surface area (Å²) in [5, 5.41) is 0.497. The molecule has 2 aliphatic rings. The first kappa shape index (κ1) is 23.0. The molecule has 0 spiro atoms. The summed E-state index contributed by atoms with van der Waals surface area (Å²) in [6.45, 7) is 8.76. The van der Waals surface area contributed by atoms with Crippen LogP contribution in [0.3, 0.4) is 0 Å². The summed E-state index contributed by atoms with van der Waals surface area (Å²) >= 11 is 6.41. The van der Waals surface area contributed by atoms with Gasteiger partial charge in [0.05, 0.1) is 18.2 Å². The Labute approximate surface area is 195 Å². The fourth-order valence-electron chi connectivity index (χ4n) is 4.42. The second-order valence-electron chi connectivity index (χ2n) is 8.61. The number of hydrogen-bond acceptors (Lipinski definition) is 7. The van der Waals surface area contributed by atoms with Crippen LogP contribution in [0.1, 0.15) is 36.5 Å². The third kappa shape index (κ3) is 5.97. The van der Waals surface area contributed by atoms with Crippen LogP contribution in [-0.2, 0) is 0 Å². The summed E-state index contributed by atoms with van der Waals surface area (Å²) in [7, 11) is 0. The molecule has 7 nitrogen and oxygen atoms in total. The number of carbonyl (C=O) groups is 1. The number of likely N-dealkylation sites (tertiary alicyclic amines) is 1. The summed E-state index contributed by atoms with van der Waals surface area (Å²) in [5.74, 6) is 1.47. The molecule has 2 aliphatic heterocycles. The fourth-order valence-corrected chi connectivity index (χ4v) is 4.66. The maximum absolute atomic E-state index is 12.8. The Morgan fingerprint density at radius 2 is 1.94 bits per heavy atom. The first-order valence-corrected chi connectivity index (χ1v) is 11.9. The zero-order valence-corrected chi connectivity index (χ0v) is 19.5. The van der Waals surface area contributed by atoms with Crippen LogP contribution < -0.4 is 9.64 Å². The smallest absolute Gasteiger partial charge is 0.225 e. The predicted octanol–water partition coefficient (Wildman–Crippen LogP) is 3.39. The molecule has 3 heterocycles. The molecule has 1 aromatic carbocycles. The van der Waals surface area contributed by atoms with E-state index in [1.807, 2.05) is 18.2 Å². The number of halogens is 1. The third-order valence-electron chi connectivity index (χ3n) is 6.37. The van der Waals surface area contributed by atoms with E-state index >= 15 is 0 Å². The summed E-state index contributed by atoms with van der Waals surface area (Å²) in [6.07, 6.45) is 7.06. The topological polar surface area (TPSA) is 61.8 Å². The summed E-state index contributed by atoms with van der Waals surface area (Å²) < 4.78 is 5.87. The first-order valence-electron chi connectivity index (χ1n) is 11.5. The number of benzene rings is 1.